The van der Waals surface area contributed by atoms with Gasteiger partial charge in [0.25, 0.3) is 0 Å². The molecule has 0 bridgehead atoms. The van der Waals surface area contributed by atoms with E-state index in [-0.39, 0.29) is 0 Å². The molecule has 314 valence electrons. The number of hydrogen-bond acceptors (Lipinski definition) is 3. The molecule has 0 radical (unpaired) electrons. The molecule has 16 aromatic rings. The zero-order valence-electron chi connectivity index (χ0n) is 36.4. The van der Waals surface area contributed by atoms with Crippen molar-refractivity contribution in [2.24, 2.45) is 0 Å². The van der Waals surface area contributed by atoms with Gasteiger partial charge in [-0.3, -0.25) is 4.57 Å². The lowest BCUT2D eigenvalue weighted by atomic mass is 9.98. The first-order valence-corrected chi connectivity index (χ1v) is 24.0. The van der Waals surface area contributed by atoms with Gasteiger partial charge in [0.15, 0.2) is 0 Å². The highest BCUT2D eigenvalue weighted by atomic mass is 32.1. The Kier molecular flexibility index (Phi) is 7.16. The predicted molar refractivity (Wildman–Crippen MR) is 287 cm³/mol. The average Bonchev–Trinajstić information content (AvgIpc) is 4.20. The van der Waals surface area contributed by atoms with Crippen molar-refractivity contribution in [1.82, 2.24) is 23.5 Å². The van der Waals surface area contributed by atoms with Gasteiger partial charge in [0.2, 0.25) is 5.95 Å². The molecule has 16 rings (SSSR count). The second-order valence-electron chi connectivity index (χ2n) is 18.1. The Hall–Kier alpha value is -8.84. The van der Waals surface area contributed by atoms with Gasteiger partial charge in [0.05, 0.1) is 54.5 Å². The van der Waals surface area contributed by atoms with Gasteiger partial charge < -0.3 is 8.97 Å². The van der Waals surface area contributed by atoms with E-state index in [2.05, 4.69) is 226 Å². The SMILES string of the molecule is c1ccc(-n2c3ccccc3c3cc(-c4nc(-n5c6ccccc6c6ccc(-c7cc8c9ccccc9n9c%10ccccc%10c(c7)c89)cc65)nc5c4sc4ccc6ccccc6c45)ccc32)cc1. The van der Waals surface area contributed by atoms with E-state index in [1.807, 2.05) is 0 Å². The van der Waals surface area contributed by atoms with Crippen LogP contribution >= 0.6 is 11.3 Å². The van der Waals surface area contributed by atoms with Gasteiger partial charge in [0, 0.05) is 64.4 Å². The minimum atomic E-state index is 0.654. The van der Waals surface area contributed by atoms with E-state index in [1.54, 1.807) is 11.3 Å². The van der Waals surface area contributed by atoms with Crippen molar-refractivity contribution in [3.8, 4) is 34.0 Å². The van der Waals surface area contributed by atoms with Crippen molar-refractivity contribution in [3.63, 3.8) is 0 Å². The van der Waals surface area contributed by atoms with Gasteiger partial charge in [-0.05, 0) is 94.7 Å². The van der Waals surface area contributed by atoms with Gasteiger partial charge in [0.1, 0.15) is 0 Å². The molecule has 0 aliphatic heterocycles. The van der Waals surface area contributed by atoms with E-state index in [1.165, 1.54) is 86.2 Å². The number of thiophene rings is 1. The molecule has 6 aromatic heterocycles. The molecule has 5 nitrogen and oxygen atoms in total. The van der Waals surface area contributed by atoms with Gasteiger partial charge in [-0.2, -0.15) is 0 Å². The van der Waals surface area contributed by atoms with Crippen LogP contribution < -0.4 is 0 Å². The lowest BCUT2D eigenvalue weighted by molar-refractivity contribution is 1.02. The highest BCUT2D eigenvalue weighted by Crippen LogP contribution is 2.46. The van der Waals surface area contributed by atoms with Crippen LogP contribution in [0.15, 0.2) is 212 Å². The van der Waals surface area contributed by atoms with Crippen LogP contribution in [0.4, 0.5) is 0 Å². The molecule has 0 spiro atoms. The van der Waals surface area contributed by atoms with Crippen LogP contribution in [0.1, 0.15) is 0 Å². The quantitative estimate of drug-likeness (QED) is 0.177. The van der Waals surface area contributed by atoms with Crippen molar-refractivity contribution in [3.05, 3.63) is 212 Å². The summed E-state index contributed by atoms with van der Waals surface area (Å²) in [7, 11) is 0. The number of rotatable bonds is 4. The van der Waals surface area contributed by atoms with E-state index in [0.717, 1.165) is 54.7 Å². The highest BCUT2D eigenvalue weighted by Gasteiger charge is 2.24. The second kappa shape index (κ2) is 13.4. The Balaban J connectivity index is 0.987. The molecule has 6 heteroatoms. The molecule has 0 amide bonds. The van der Waals surface area contributed by atoms with Crippen molar-refractivity contribution in [1.29, 1.82) is 0 Å². The molecule has 0 N–H and O–H groups in total. The van der Waals surface area contributed by atoms with Crippen molar-refractivity contribution in [2.75, 3.05) is 0 Å². The zero-order valence-corrected chi connectivity index (χ0v) is 37.2. The number of nitrogens with zero attached hydrogens (tertiary/aromatic N) is 5. The minimum absolute atomic E-state index is 0.654. The second-order valence-corrected chi connectivity index (χ2v) is 19.2. The molecule has 0 saturated carbocycles. The summed E-state index contributed by atoms with van der Waals surface area (Å²) in [6, 6.07) is 77.6. The summed E-state index contributed by atoms with van der Waals surface area (Å²) in [5, 5.41) is 13.4. The first-order chi connectivity index (χ1) is 33.7. The van der Waals surface area contributed by atoms with Crippen LogP contribution in [0.5, 0.6) is 0 Å². The topological polar surface area (TPSA) is 40.0 Å². The summed E-state index contributed by atoms with van der Waals surface area (Å²) in [6.07, 6.45) is 0. The van der Waals surface area contributed by atoms with Crippen molar-refractivity contribution >= 4 is 124 Å². The maximum atomic E-state index is 5.72. The monoisotopic (exact) mass is 881 g/mol. The van der Waals surface area contributed by atoms with E-state index < -0.39 is 0 Å². The summed E-state index contributed by atoms with van der Waals surface area (Å²) in [5.41, 5.74) is 14.7. The third kappa shape index (κ3) is 4.83. The zero-order chi connectivity index (χ0) is 44.2. The summed E-state index contributed by atoms with van der Waals surface area (Å²) in [5.74, 6) is 0.654. The van der Waals surface area contributed by atoms with Crippen LogP contribution in [-0.4, -0.2) is 23.5 Å². The summed E-state index contributed by atoms with van der Waals surface area (Å²) in [4.78, 5) is 11.4. The van der Waals surface area contributed by atoms with Crippen LogP contribution in [0.25, 0.3) is 147 Å². The van der Waals surface area contributed by atoms with Gasteiger partial charge in [-0.25, -0.2) is 9.97 Å². The molecule has 0 aliphatic carbocycles. The summed E-state index contributed by atoms with van der Waals surface area (Å²) in [6.45, 7) is 0. The average molecular weight is 882 g/mol. The Labute approximate surface area is 391 Å². The molecular formula is C62H35N5S. The van der Waals surface area contributed by atoms with E-state index in [0.29, 0.717) is 5.95 Å². The normalized spacial score (nSPS) is 12.4. The Morgan fingerprint density at radius 3 is 1.65 bits per heavy atom. The van der Waals surface area contributed by atoms with Crippen molar-refractivity contribution in [2.45, 2.75) is 0 Å². The summed E-state index contributed by atoms with van der Waals surface area (Å²) >= 11 is 1.79. The number of para-hydroxylation sites is 5. The number of hydrogen-bond donors (Lipinski definition) is 0. The largest absolute Gasteiger partial charge is 0.309 e. The lowest BCUT2D eigenvalue weighted by Crippen LogP contribution is -2.03. The fraction of sp³-hybridized carbons (Fsp3) is 0. The van der Waals surface area contributed by atoms with Crippen LogP contribution in [0, 0.1) is 0 Å². The number of fused-ring (bicyclic) bond motifs is 17. The Bertz CT molecular complexity index is 4710. The van der Waals surface area contributed by atoms with E-state index in [9.17, 15) is 0 Å². The fourth-order valence-electron chi connectivity index (χ4n) is 11.6. The first kappa shape index (κ1) is 36.4. The first-order valence-electron chi connectivity index (χ1n) is 23.2. The maximum absolute atomic E-state index is 5.72. The van der Waals surface area contributed by atoms with Crippen LogP contribution in [0.3, 0.4) is 0 Å². The molecule has 68 heavy (non-hydrogen) atoms. The molecule has 6 heterocycles. The molecule has 0 fully saturated rings. The van der Waals surface area contributed by atoms with Crippen LogP contribution in [-0.2, 0) is 0 Å². The van der Waals surface area contributed by atoms with Crippen LogP contribution in [0.2, 0.25) is 0 Å². The standard InChI is InChI=1S/C62H35N5S/c1-2-15-40(16-3-1)65-50-22-10-7-19-43(50)47-32-38(27-30-54(47)65)58-61-59(57-41-17-5-4-14-36(41)28-31-56(57)68-61)64-62(63-58)67-53-25-13-6-18-42(53)46-29-26-37(35-55(46)67)39-33-48-44-20-8-11-23-51(44)66-52-24-12-9-21-45(52)49(34-39)60(48)66/h1-35H. The van der Waals surface area contributed by atoms with Crippen molar-refractivity contribution < 1.29 is 0 Å². The maximum Gasteiger partial charge on any atom is 0.235 e. The third-order valence-electron chi connectivity index (χ3n) is 14.6. The Morgan fingerprint density at radius 1 is 0.353 bits per heavy atom. The Morgan fingerprint density at radius 2 is 0.912 bits per heavy atom. The molecule has 0 atom stereocenters. The molecular weight excluding hydrogens is 847 g/mol. The fourth-order valence-corrected chi connectivity index (χ4v) is 12.8. The predicted octanol–water partition coefficient (Wildman–Crippen LogP) is 16.7. The molecule has 0 aliphatic rings. The van der Waals surface area contributed by atoms with Gasteiger partial charge in [-0.15, -0.1) is 11.3 Å². The minimum Gasteiger partial charge on any atom is -0.309 e. The smallest absolute Gasteiger partial charge is 0.235 e. The van der Waals surface area contributed by atoms with E-state index >= 15 is 0 Å². The molecule has 0 saturated heterocycles. The molecule has 0 unspecified atom stereocenters. The number of benzene rings is 10. The third-order valence-corrected chi connectivity index (χ3v) is 15.7. The van der Waals surface area contributed by atoms with Gasteiger partial charge >= 0.3 is 0 Å². The van der Waals surface area contributed by atoms with Gasteiger partial charge in [-0.1, -0.05) is 140 Å². The summed E-state index contributed by atoms with van der Waals surface area (Å²) < 4.78 is 9.41. The molecule has 10 aromatic carbocycles. The van der Waals surface area contributed by atoms with E-state index in [4.69, 9.17) is 9.97 Å². The lowest BCUT2D eigenvalue weighted by Gasteiger charge is -2.12. The number of aromatic nitrogens is 5. The highest BCUT2D eigenvalue weighted by molar-refractivity contribution is 7.26.